The molecular weight excluding hydrogens is 302 g/mol. The van der Waals surface area contributed by atoms with E-state index in [1.54, 1.807) is 0 Å². The molecule has 3 heterocycles. The summed E-state index contributed by atoms with van der Waals surface area (Å²) in [7, 11) is 0. The quantitative estimate of drug-likeness (QED) is 0.689. The van der Waals surface area contributed by atoms with Gasteiger partial charge >= 0.3 is 5.97 Å². The van der Waals surface area contributed by atoms with E-state index in [9.17, 15) is 4.79 Å². The number of carbonyl (C=O) groups excluding carboxylic acids is 1. The van der Waals surface area contributed by atoms with Gasteiger partial charge in [-0.2, -0.15) is 0 Å². The summed E-state index contributed by atoms with van der Waals surface area (Å²) < 4.78 is 11.1. The van der Waals surface area contributed by atoms with Gasteiger partial charge in [-0.05, 0) is 24.4 Å². The Hall–Kier alpha value is -1.99. The number of fused-ring (bicyclic) bond motifs is 1. The number of aromatic nitrogens is 2. The Bertz CT molecular complexity index is 738. The summed E-state index contributed by atoms with van der Waals surface area (Å²) in [6, 6.07) is 3.76. The van der Waals surface area contributed by atoms with E-state index < -0.39 is 0 Å². The van der Waals surface area contributed by atoms with Crippen LogP contribution in [0, 0.1) is 4.77 Å². The zero-order chi connectivity index (χ0) is 15.5. The minimum atomic E-state index is -0.310. The Morgan fingerprint density at radius 2 is 2.32 bits per heavy atom. The molecule has 0 spiro atoms. The lowest BCUT2D eigenvalue weighted by atomic mass is 10.1. The maximum absolute atomic E-state index is 10.8. The lowest BCUT2D eigenvalue weighted by Gasteiger charge is -2.27. The molecule has 0 aromatic carbocycles. The van der Waals surface area contributed by atoms with E-state index in [1.165, 1.54) is 18.2 Å². The highest BCUT2D eigenvalue weighted by Gasteiger charge is 2.18. The molecule has 1 aliphatic heterocycles. The summed E-state index contributed by atoms with van der Waals surface area (Å²) in [4.78, 5) is 20.4. The van der Waals surface area contributed by atoms with Gasteiger partial charge < -0.3 is 14.1 Å². The Labute approximate surface area is 133 Å². The van der Waals surface area contributed by atoms with Crippen LogP contribution in [0.4, 0.5) is 0 Å². The molecule has 1 N–H and O–H groups in total. The van der Waals surface area contributed by atoms with Crippen molar-refractivity contribution in [1.29, 1.82) is 0 Å². The van der Waals surface area contributed by atoms with Gasteiger partial charge in [0.2, 0.25) is 0 Å². The first-order valence-corrected chi connectivity index (χ1v) is 7.51. The third-order valence-corrected chi connectivity index (χ3v) is 3.78. The van der Waals surface area contributed by atoms with Gasteiger partial charge in [-0.25, -0.2) is 4.98 Å². The average Bonchev–Trinajstić information content (AvgIpc) is 2.93. The number of nitrogens with one attached hydrogen (secondary N) is 1. The number of nitrogens with zero attached hydrogens (tertiary/aromatic N) is 2. The molecule has 22 heavy (non-hydrogen) atoms. The van der Waals surface area contributed by atoms with E-state index in [2.05, 4.69) is 14.9 Å². The Balaban J connectivity index is 1.61. The van der Waals surface area contributed by atoms with Crippen LogP contribution in [0.5, 0.6) is 0 Å². The third kappa shape index (κ3) is 3.61. The molecule has 2 aromatic rings. The molecule has 0 radical (unpaired) electrons. The zero-order valence-electron chi connectivity index (χ0n) is 12.3. The molecule has 116 valence electrons. The minimum Gasteiger partial charge on any atom is -0.461 e. The van der Waals surface area contributed by atoms with Crippen molar-refractivity contribution < 1.29 is 13.9 Å². The van der Waals surface area contributed by atoms with Crippen LogP contribution >= 0.6 is 12.2 Å². The molecule has 1 aliphatic rings. The van der Waals surface area contributed by atoms with Crippen molar-refractivity contribution in [1.82, 2.24) is 14.9 Å². The number of esters is 1. The molecule has 3 rings (SSSR count). The van der Waals surface area contributed by atoms with Crippen LogP contribution < -0.4 is 0 Å². The molecule has 6 nitrogen and oxygen atoms in total. The minimum absolute atomic E-state index is 0.179. The van der Waals surface area contributed by atoms with Gasteiger partial charge in [-0.15, -0.1) is 0 Å². The van der Waals surface area contributed by atoms with Crippen molar-refractivity contribution in [3.05, 3.63) is 45.9 Å². The highest BCUT2D eigenvalue weighted by Crippen LogP contribution is 2.19. The maximum Gasteiger partial charge on any atom is 0.303 e. The van der Waals surface area contributed by atoms with Gasteiger partial charge in [0.15, 0.2) is 4.77 Å². The molecule has 2 aromatic heterocycles. The van der Waals surface area contributed by atoms with E-state index in [0.717, 1.165) is 31.8 Å². The zero-order valence-corrected chi connectivity index (χ0v) is 13.1. The second-order valence-electron chi connectivity index (χ2n) is 5.30. The fraction of sp³-hybridized carbons (Fsp3) is 0.400. The van der Waals surface area contributed by atoms with Crippen molar-refractivity contribution in [2.24, 2.45) is 0 Å². The maximum atomic E-state index is 10.8. The van der Waals surface area contributed by atoms with E-state index >= 15 is 0 Å². The third-order valence-electron chi connectivity index (χ3n) is 3.57. The fourth-order valence-electron chi connectivity index (χ4n) is 2.52. The Morgan fingerprint density at radius 1 is 1.50 bits per heavy atom. The van der Waals surface area contributed by atoms with E-state index in [4.69, 9.17) is 21.4 Å². The summed E-state index contributed by atoms with van der Waals surface area (Å²) in [5.41, 5.74) is 2.35. The number of H-pyrrole nitrogens is 1. The number of rotatable bonds is 4. The molecule has 0 unspecified atom stereocenters. The summed E-state index contributed by atoms with van der Waals surface area (Å²) in [5, 5.41) is 0. The van der Waals surface area contributed by atoms with Crippen LogP contribution in [0.3, 0.4) is 0 Å². The lowest BCUT2D eigenvalue weighted by Crippen LogP contribution is -2.30. The summed E-state index contributed by atoms with van der Waals surface area (Å²) in [6.45, 7) is 4.03. The van der Waals surface area contributed by atoms with Crippen LogP contribution in [0.25, 0.3) is 0 Å². The molecule has 7 heteroatoms. The normalized spacial score (nSPS) is 14.6. The van der Waals surface area contributed by atoms with Gasteiger partial charge in [0.25, 0.3) is 0 Å². The predicted molar refractivity (Wildman–Crippen MR) is 81.4 cm³/mol. The summed E-state index contributed by atoms with van der Waals surface area (Å²) in [6.07, 6.45) is 2.76. The topological polar surface area (TPSA) is 71.4 Å². The Morgan fingerprint density at radius 3 is 3.14 bits per heavy atom. The number of furan rings is 1. The van der Waals surface area contributed by atoms with Gasteiger partial charge in [-0.1, -0.05) is 0 Å². The molecule has 0 atom stereocenters. The first-order valence-electron chi connectivity index (χ1n) is 7.10. The molecule has 0 saturated carbocycles. The van der Waals surface area contributed by atoms with Crippen molar-refractivity contribution >= 4 is 18.2 Å². The van der Waals surface area contributed by atoms with Crippen LogP contribution in [0.15, 0.2) is 22.7 Å². The molecule has 0 amide bonds. The monoisotopic (exact) mass is 319 g/mol. The van der Waals surface area contributed by atoms with Crippen molar-refractivity contribution in [2.45, 2.75) is 33.0 Å². The number of aromatic amines is 1. The standard InChI is InChI=1S/C15H17N3O3S/c1-10(19)20-9-13-3-2-12(21-13)8-18-5-4-14-11(7-18)6-16-15(22)17-14/h2-3,6H,4-5,7-9H2,1H3,(H,16,17,22). The van der Waals surface area contributed by atoms with Gasteiger partial charge in [-0.3, -0.25) is 9.69 Å². The molecule has 0 bridgehead atoms. The molecular formula is C15H17N3O3S. The fourth-order valence-corrected chi connectivity index (χ4v) is 2.69. The largest absolute Gasteiger partial charge is 0.461 e. The second kappa shape index (κ2) is 6.41. The van der Waals surface area contributed by atoms with Crippen LogP contribution in [0.2, 0.25) is 0 Å². The smallest absolute Gasteiger partial charge is 0.303 e. The Kier molecular flexibility index (Phi) is 4.35. The second-order valence-corrected chi connectivity index (χ2v) is 5.69. The van der Waals surface area contributed by atoms with Crippen LogP contribution in [-0.2, 0) is 35.6 Å². The van der Waals surface area contributed by atoms with Crippen LogP contribution in [-0.4, -0.2) is 27.4 Å². The number of hydrogen-bond donors (Lipinski definition) is 1. The van der Waals surface area contributed by atoms with Gasteiger partial charge in [0, 0.05) is 43.9 Å². The molecule has 0 fully saturated rings. The average molecular weight is 319 g/mol. The first-order chi connectivity index (χ1) is 10.6. The van der Waals surface area contributed by atoms with Gasteiger partial charge in [0.1, 0.15) is 18.1 Å². The van der Waals surface area contributed by atoms with Crippen molar-refractivity contribution in [3.8, 4) is 0 Å². The van der Waals surface area contributed by atoms with E-state index in [0.29, 0.717) is 10.5 Å². The summed E-state index contributed by atoms with van der Waals surface area (Å²) >= 11 is 5.05. The van der Waals surface area contributed by atoms with Crippen molar-refractivity contribution in [2.75, 3.05) is 6.54 Å². The highest BCUT2D eigenvalue weighted by molar-refractivity contribution is 7.71. The number of carbonyl (C=O) groups is 1. The summed E-state index contributed by atoms with van der Waals surface area (Å²) in [5.74, 6) is 1.21. The molecule has 0 saturated heterocycles. The van der Waals surface area contributed by atoms with Crippen molar-refractivity contribution in [3.63, 3.8) is 0 Å². The van der Waals surface area contributed by atoms with E-state index in [1.807, 2.05) is 18.3 Å². The molecule has 0 aliphatic carbocycles. The predicted octanol–water partition coefficient (Wildman–Crippen LogP) is 2.35. The number of hydrogen-bond acceptors (Lipinski definition) is 6. The lowest BCUT2D eigenvalue weighted by molar-refractivity contribution is -0.142. The first kappa shape index (κ1) is 14.9. The van der Waals surface area contributed by atoms with Gasteiger partial charge in [0.05, 0.1) is 6.54 Å². The van der Waals surface area contributed by atoms with E-state index in [-0.39, 0.29) is 12.6 Å². The highest BCUT2D eigenvalue weighted by atomic mass is 32.1. The van der Waals surface area contributed by atoms with Crippen LogP contribution in [0.1, 0.15) is 29.7 Å². The SMILES string of the molecule is CC(=O)OCc1ccc(CN2CCc3[nH]c(=S)ncc3C2)o1. The number of ether oxygens (including phenoxy) is 1.